The summed E-state index contributed by atoms with van der Waals surface area (Å²) in [7, 11) is 0. The number of hydrogen-bond acceptors (Lipinski definition) is 1. The van der Waals surface area contributed by atoms with Gasteiger partial charge in [0.15, 0.2) is 4.77 Å². The van der Waals surface area contributed by atoms with Gasteiger partial charge in [-0.05, 0) is 31.6 Å². The summed E-state index contributed by atoms with van der Waals surface area (Å²) in [6.45, 7) is 4.11. The molecule has 0 aliphatic rings. The molecule has 0 aliphatic carbocycles. The van der Waals surface area contributed by atoms with Gasteiger partial charge in [0.1, 0.15) is 0 Å². The van der Waals surface area contributed by atoms with Crippen LogP contribution in [0, 0.1) is 11.7 Å². The van der Waals surface area contributed by atoms with E-state index in [0.29, 0.717) is 4.77 Å². The van der Waals surface area contributed by atoms with Crippen LogP contribution in [-0.4, -0.2) is 9.97 Å². The van der Waals surface area contributed by atoms with Gasteiger partial charge >= 0.3 is 0 Å². The SMILES string of the molecule is CC/C=C\c1[nH]c(=S)[nH]c1C. The van der Waals surface area contributed by atoms with Crippen molar-refractivity contribution in [2.75, 3.05) is 0 Å². The summed E-state index contributed by atoms with van der Waals surface area (Å²) in [5.74, 6) is 0. The first-order valence-electron chi connectivity index (χ1n) is 3.69. The van der Waals surface area contributed by atoms with Crippen molar-refractivity contribution >= 4 is 18.3 Å². The maximum atomic E-state index is 4.93. The van der Waals surface area contributed by atoms with E-state index in [1.165, 1.54) is 0 Å². The smallest absolute Gasteiger partial charge is 0.175 e. The molecule has 0 unspecified atom stereocenters. The van der Waals surface area contributed by atoms with Crippen molar-refractivity contribution in [2.24, 2.45) is 0 Å². The van der Waals surface area contributed by atoms with Gasteiger partial charge < -0.3 is 9.97 Å². The van der Waals surface area contributed by atoms with Crippen molar-refractivity contribution in [3.63, 3.8) is 0 Å². The van der Waals surface area contributed by atoms with E-state index in [2.05, 4.69) is 23.0 Å². The fourth-order valence-electron chi connectivity index (χ4n) is 0.887. The third kappa shape index (κ3) is 2.05. The Hall–Kier alpha value is -0.830. The molecule has 0 saturated carbocycles. The molecular formula is C8H12N2S. The number of rotatable bonds is 2. The molecule has 0 saturated heterocycles. The van der Waals surface area contributed by atoms with E-state index in [4.69, 9.17) is 12.2 Å². The molecule has 0 fully saturated rings. The van der Waals surface area contributed by atoms with Gasteiger partial charge in [-0.1, -0.05) is 13.0 Å². The van der Waals surface area contributed by atoms with Crippen molar-refractivity contribution in [2.45, 2.75) is 20.3 Å². The average molecular weight is 168 g/mol. The predicted octanol–water partition coefficient (Wildman–Crippen LogP) is 2.80. The fourth-order valence-corrected chi connectivity index (χ4v) is 1.15. The predicted molar refractivity (Wildman–Crippen MR) is 50.0 cm³/mol. The van der Waals surface area contributed by atoms with Crippen molar-refractivity contribution < 1.29 is 0 Å². The maximum absolute atomic E-state index is 4.93. The van der Waals surface area contributed by atoms with E-state index in [-0.39, 0.29) is 0 Å². The van der Waals surface area contributed by atoms with Crippen LogP contribution >= 0.6 is 12.2 Å². The Bertz CT molecular complexity index is 306. The highest BCUT2D eigenvalue weighted by atomic mass is 32.1. The quantitative estimate of drug-likeness (QED) is 0.654. The molecule has 1 rings (SSSR count). The number of aromatic amines is 2. The summed E-state index contributed by atoms with van der Waals surface area (Å²) in [6, 6.07) is 0. The number of allylic oxidation sites excluding steroid dienone is 1. The minimum absolute atomic E-state index is 0.693. The number of nitrogens with one attached hydrogen (secondary N) is 2. The van der Waals surface area contributed by atoms with Crippen LogP contribution in [0.3, 0.4) is 0 Å². The molecule has 1 aromatic heterocycles. The van der Waals surface area contributed by atoms with Gasteiger partial charge in [0.2, 0.25) is 0 Å². The zero-order chi connectivity index (χ0) is 8.27. The van der Waals surface area contributed by atoms with Crippen LogP contribution < -0.4 is 0 Å². The van der Waals surface area contributed by atoms with Gasteiger partial charge in [0.05, 0.1) is 5.69 Å². The largest absolute Gasteiger partial charge is 0.334 e. The Labute approximate surface area is 71.4 Å². The maximum Gasteiger partial charge on any atom is 0.175 e. The summed E-state index contributed by atoms with van der Waals surface area (Å²) in [5.41, 5.74) is 2.18. The summed E-state index contributed by atoms with van der Waals surface area (Å²) >= 11 is 4.93. The van der Waals surface area contributed by atoms with Crippen LogP contribution in [0.15, 0.2) is 6.08 Å². The zero-order valence-corrected chi connectivity index (χ0v) is 7.59. The van der Waals surface area contributed by atoms with Crippen LogP contribution in [-0.2, 0) is 0 Å². The number of H-pyrrole nitrogens is 2. The summed E-state index contributed by atoms with van der Waals surface area (Å²) in [5, 5.41) is 0. The molecule has 0 radical (unpaired) electrons. The monoisotopic (exact) mass is 168 g/mol. The highest BCUT2D eigenvalue weighted by Gasteiger charge is 1.93. The Morgan fingerprint density at radius 1 is 1.45 bits per heavy atom. The van der Waals surface area contributed by atoms with Gasteiger partial charge in [0, 0.05) is 5.69 Å². The summed E-state index contributed by atoms with van der Waals surface area (Å²) in [6.07, 6.45) is 5.19. The normalized spacial score (nSPS) is 11.1. The van der Waals surface area contributed by atoms with E-state index in [1.807, 2.05) is 13.0 Å². The molecule has 0 atom stereocenters. The summed E-state index contributed by atoms with van der Waals surface area (Å²) in [4.78, 5) is 6.08. The van der Waals surface area contributed by atoms with E-state index < -0.39 is 0 Å². The molecule has 11 heavy (non-hydrogen) atoms. The first kappa shape index (κ1) is 8.27. The van der Waals surface area contributed by atoms with Gasteiger partial charge in [-0.2, -0.15) is 0 Å². The molecule has 2 nitrogen and oxygen atoms in total. The standard InChI is InChI=1S/C8H12N2S/c1-3-4-5-7-6(2)9-8(11)10-7/h4-5H,3H2,1-2H3,(H2,9,10,11)/b5-4-. The summed E-state index contributed by atoms with van der Waals surface area (Å²) < 4.78 is 0.693. The number of aromatic nitrogens is 2. The van der Waals surface area contributed by atoms with Crippen molar-refractivity contribution in [3.8, 4) is 0 Å². The topological polar surface area (TPSA) is 31.6 Å². The van der Waals surface area contributed by atoms with E-state index in [0.717, 1.165) is 17.8 Å². The molecule has 0 spiro atoms. The lowest BCUT2D eigenvalue weighted by atomic mass is 10.3. The minimum Gasteiger partial charge on any atom is -0.334 e. The molecule has 0 aromatic carbocycles. The molecule has 0 aliphatic heterocycles. The zero-order valence-electron chi connectivity index (χ0n) is 6.77. The fraction of sp³-hybridized carbons (Fsp3) is 0.375. The third-order valence-corrected chi connectivity index (χ3v) is 1.68. The van der Waals surface area contributed by atoms with Crippen LogP contribution in [0.2, 0.25) is 0 Å². The van der Waals surface area contributed by atoms with Gasteiger partial charge in [-0.3, -0.25) is 0 Å². The van der Waals surface area contributed by atoms with Crippen LogP contribution in [0.1, 0.15) is 24.7 Å². The van der Waals surface area contributed by atoms with Crippen molar-refractivity contribution in [3.05, 3.63) is 22.2 Å². The van der Waals surface area contributed by atoms with E-state index >= 15 is 0 Å². The molecular weight excluding hydrogens is 156 g/mol. The Morgan fingerprint density at radius 2 is 2.18 bits per heavy atom. The molecule has 1 aromatic rings. The number of imidazole rings is 1. The van der Waals surface area contributed by atoms with Gasteiger partial charge in [-0.15, -0.1) is 0 Å². The average Bonchev–Trinajstić information content (AvgIpc) is 2.26. The highest BCUT2D eigenvalue weighted by molar-refractivity contribution is 7.71. The van der Waals surface area contributed by atoms with Crippen molar-refractivity contribution in [1.82, 2.24) is 9.97 Å². The Kier molecular flexibility index (Phi) is 2.65. The van der Waals surface area contributed by atoms with Crippen LogP contribution in [0.4, 0.5) is 0 Å². The Morgan fingerprint density at radius 3 is 2.64 bits per heavy atom. The number of aryl methyl sites for hydroxylation is 1. The van der Waals surface area contributed by atoms with E-state index in [1.54, 1.807) is 0 Å². The van der Waals surface area contributed by atoms with Crippen LogP contribution in [0.5, 0.6) is 0 Å². The lowest BCUT2D eigenvalue weighted by Gasteiger charge is -1.86. The molecule has 1 heterocycles. The molecule has 60 valence electrons. The molecule has 0 bridgehead atoms. The van der Waals surface area contributed by atoms with Gasteiger partial charge in [-0.25, -0.2) is 0 Å². The van der Waals surface area contributed by atoms with Gasteiger partial charge in [0.25, 0.3) is 0 Å². The Balaban J connectivity index is 2.94. The minimum atomic E-state index is 0.693. The van der Waals surface area contributed by atoms with Crippen molar-refractivity contribution in [1.29, 1.82) is 0 Å². The molecule has 0 amide bonds. The third-order valence-electron chi connectivity index (χ3n) is 1.47. The first-order chi connectivity index (χ1) is 5.24. The highest BCUT2D eigenvalue weighted by Crippen LogP contribution is 2.04. The van der Waals surface area contributed by atoms with E-state index in [9.17, 15) is 0 Å². The lowest BCUT2D eigenvalue weighted by Crippen LogP contribution is -1.74. The van der Waals surface area contributed by atoms with Crippen LogP contribution in [0.25, 0.3) is 6.08 Å². The second kappa shape index (κ2) is 3.53. The second-order valence-electron chi connectivity index (χ2n) is 2.43. The number of hydrogen-bond donors (Lipinski definition) is 2. The second-order valence-corrected chi connectivity index (χ2v) is 2.84. The molecule has 2 N–H and O–H groups in total. The molecule has 3 heteroatoms. The lowest BCUT2D eigenvalue weighted by molar-refractivity contribution is 1.22. The first-order valence-corrected chi connectivity index (χ1v) is 4.10.